The molecule has 1 amide bonds. The van der Waals surface area contributed by atoms with Crippen molar-refractivity contribution in [3.8, 4) is 0 Å². The van der Waals surface area contributed by atoms with Gasteiger partial charge in [-0.05, 0) is 32.1 Å². The first-order chi connectivity index (χ1) is 29.8. The average molecular weight is 906 g/mol. The Bertz CT molecular complexity index is 1160. The second-order valence-electron chi connectivity index (χ2n) is 17.8. The van der Waals surface area contributed by atoms with E-state index < -0.39 is 75.2 Å². The molecule has 1 aliphatic rings. The molecule has 0 aromatic rings. The Labute approximate surface area is 375 Å². The highest BCUT2D eigenvalue weighted by Crippen LogP contribution is 2.47. The average Bonchev–Trinajstić information content (AvgIpc) is 3.24. The molecule has 9 N–H and O–H groups in total. The molecular weight excluding hydrogens is 813 g/mol. The third-order valence-electron chi connectivity index (χ3n) is 12.0. The minimum atomic E-state index is -5.15. The molecule has 366 valence electrons. The van der Waals surface area contributed by atoms with Crippen LogP contribution < -0.4 is 5.32 Å². The fourth-order valence-electron chi connectivity index (χ4n) is 7.96. The first-order valence-corrected chi connectivity index (χ1v) is 26.4. The number of amides is 1. The van der Waals surface area contributed by atoms with Crippen molar-refractivity contribution in [1.82, 2.24) is 5.32 Å². The van der Waals surface area contributed by atoms with Crippen LogP contribution in [0.3, 0.4) is 0 Å². The molecule has 0 saturated heterocycles. The van der Waals surface area contributed by atoms with Gasteiger partial charge in [-0.2, -0.15) is 0 Å². The van der Waals surface area contributed by atoms with E-state index in [1.54, 1.807) is 6.08 Å². The molecule has 0 aromatic carbocycles. The van der Waals surface area contributed by atoms with Gasteiger partial charge in [-0.1, -0.05) is 199 Å². The maximum atomic E-state index is 13.0. The number of aliphatic hydroxyl groups excluding tert-OH is 7. The Morgan fingerprint density at radius 2 is 0.952 bits per heavy atom. The lowest BCUT2D eigenvalue weighted by molar-refractivity contribution is -0.220. The molecule has 8 atom stereocenters. The van der Waals surface area contributed by atoms with Gasteiger partial charge in [0.05, 0.1) is 31.3 Å². The van der Waals surface area contributed by atoms with E-state index in [1.807, 2.05) is 0 Å². The number of nitrogens with one attached hydrogen (secondary N) is 1. The fraction of sp³-hybridized carbons (Fsp3) is 0.896. The molecule has 14 heteroatoms. The maximum Gasteiger partial charge on any atom is 0.472 e. The largest absolute Gasteiger partial charge is 0.472 e. The molecule has 0 aromatic heterocycles. The highest BCUT2D eigenvalue weighted by Gasteiger charge is 2.51. The van der Waals surface area contributed by atoms with Crippen LogP contribution in [0.1, 0.15) is 213 Å². The normalized spacial score (nSPS) is 23.2. The van der Waals surface area contributed by atoms with Crippen LogP contribution in [-0.4, -0.2) is 108 Å². The summed E-state index contributed by atoms with van der Waals surface area (Å²) in [5.74, 6) is -0.601. The van der Waals surface area contributed by atoms with E-state index in [0.717, 1.165) is 44.9 Å². The van der Waals surface area contributed by atoms with E-state index in [1.165, 1.54) is 141 Å². The van der Waals surface area contributed by atoms with Gasteiger partial charge in [-0.25, -0.2) is 4.57 Å². The van der Waals surface area contributed by atoms with Crippen LogP contribution in [0.4, 0.5) is 0 Å². The van der Waals surface area contributed by atoms with Crippen molar-refractivity contribution in [3.63, 3.8) is 0 Å². The summed E-state index contributed by atoms with van der Waals surface area (Å²) in [6.07, 6.45) is 28.4. The van der Waals surface area contributed by atoms with E-state index in [0.29, 0.717) is 12.8 Å². The van der Waals surface area contributed by atoms with Gasteiger partial charge in [0.1, 0.15) is 36.6 Å². The zero-order valence-corrected chi connectivity index (χ0v) is 39.7. The Hall–Kier alpha value is -1.22. The lowest BCUT2D eigenvalue weighted by atomic mass is 9.85. The molecule has 1 rings (SSSR count). The van der Waals surface area contributed by atoms with Crippen molar-refractivity contribution in [3.05, 3.63) is 24.3 Å². The highest BCUT2D eigenvalue weighted by molar-refractivity contribution is 7.47. The van der Waals surface area contributed by atoms with Gasteiger partial charge in [-0.3, -0.25) is 13.8 Å². The minimum Gasteiger partial charge on any atom is -0.393 e. The topological polar surface area (TPSA) is 226 Å². The minimum absolute atomic E-state index is 0.249. The number of rotatable bonds is 41. The number of hydrogen-bond donors (Lipinski definition) is 9. The SMILES string of the molecule is CCCCCCCCCCCCCCCC/C=C/CC/C=C/C(O)C(COP(=O)(O)OC1C(O)C(O)C(O)C(O)C1O)NC(=O)CC(O)CCCCCCCCCCCCCC. The number of allylic oxidation sites excluding steroid dienone is 3. The summed E-state index contributed by atoms with van der Waals surface area (Å²) in [6, 6.07) is -1.25. The number of carbonyl (C=O) groups excluding carboxylic acids is 1. The number of carbonyl (C=O) groups is 1. The van der Waals surface area contributed by atoms with Crippen molar-refractivity contribution in [2.75, 3.05) is 6.61 Å². The molecule has 62 heavy (non-hydrogen) atoms. The molecule has 1 aliphatic carbocycles. The van der Waals surface area contributed by atoms with Crippen molar-refractivity contribution in [2.45, 2.75) is 268 Å². The van der Waals surface area contributed by atoms with E-state index in [9.17, 15) is 50.0 Å². The van der Waals surface area contributed by atoms with Gasteiger partial charge in [-0.15, -0.1) is 0 Å². The second kappa shape index (κ2) is 37.9. The summed E-state index contributed by atoms with van der Waals surface area (Å²) in [5, 5.41) is 74.5. The number of aliphatic hydroxyl groups is 7. The van der Waals surface area contributed by atoms with Gasteiger partial charge in [0.25, 0.3) is 0 Å². The molecule has 0 bridgehead atoms. The first kappa shape index (κ1) is 58.8. The fourth-order valence-corrected chi connectivity index (χ4v) is 8.93. The van der Waals surface area contributed by atoms with Crippen molar-refractivity contribution >= 4 is 13.7 Å². The number of phosphoric ester groups is 1. The third-order valence-corrected chi connectivity index (χ3v) is 13.0. The van der Waals surface area contributed by atoms with Gasteiger partial charge in [0.15, 0.2) is 0 Å². The Balaban J connectivity index is 2.53. The Kier molecular flexibility index (Phi) is 36.0. The van der Waals surface area contributed by atoms with Gasteiger partial charge in [0, 0.05) is 0 Å². The molecular formula is C48H92NO12P. The van der Waals surface area contributed by atoms with Crippen LogP contribution in [0.5, 0.6) is 0 Å². The van der Waals surface area contributed by atoms with E-state index >= 15 is 0 Å². The van der Waals surface area contributed by atoms with Crippen LogP contribution >= 0.6 is 7.82 Å². The zero-order chi connectivity index (χ0) is 45.9. The molecule has 0 radical (unpaired) electrons. The number of unbranched alkanes of at least 4 members (excludes halogenated alkanes) is 26. The molecule has 8 unspecified atom stereocenters. The van der Waals surface area contributed by atoms with Crippen molar-refractivity contribution < 1.29 is 59.0 Å². The van der Waals surface area contributed by atoms with Crippen LogP contribution in [0, 0.1) is 0 Å². The zero-order valence-electron chi connectivity index (χ0n) is 38.8. The maximum absolute atomic E-state index is 13.0. The standard InChI is InChI=1S/C48H92NO12P/c1-3-5-7-9-11-13-15-17-18-19-20-21-22-23-24-26-28-30-32-34-36-41(51)40(38-60-62(58,59)61-48-46(56)44(54)43(53)45(55)47(48)57)49-42(52)37-39(50)35-33-31-29-27-25-16-14-12-10-8-6-4-2/h26,28,34,36,39-41,43-48,50-51,53-57H,3-25,27,29-33,35,37-38H2,1-2H3,(H,49,52)(H,58,59)/b28-26+,36-34+. The summed E-state index contributed by atoms with van der Waals surface area (Å²) in [4.78, 5) is 23.4. The quantitative estimate of drug-likeness (QED) is 0.0159. The van der Waals surface area contributed by atoms with Gasteiger partial charge in [0.2, 0.25) is 5.91 Å². The number of hydrogen-bond acceptors (Lipinski definition) is 11. The van der Waals surface area contributed by atoms with Gasteiger partial charge >= 0.3 is 7.82 Å². The van der Waals surface area contributed by atoms with Gasteiger partial charge < -0.3 is 46.0 Å². The summed E-state index contributed by atoms with van der Waals surface area (Å²) >= 11 is 0. The lowest BCUT2D eigenvalue weighted by Crippen LogP contribution is -2.64. The van der Waals surface area contributed by atoms with Crippen LogP contribution in [-0.2, 0) is 18.4 Å². The summed E-state index contributed by atoms with van der Waals surface area (Å²) in [6.45, 7) is 3.74. The molecule has 13 nitrogen and oxygen atoms in total. The number of phosphoric acid groups is 1. The monoisotopic (exact) mass is 906 g/mol. The molecule has 0 aliphatic heterocycles. The summed E-state index contributed by atoms with van der Waals surface area (Å²) in [5.41, 5.74) is 0. The summed E-state index contributed by atoms with van der Waals surface area (Å²) in [7, 11) is -5.15. The van der Waals surface area contributed by atoms with Crippen LogP contribution in [0.2, 0.25) is 0 Å². The predicted octanol–water partition coefficient (Wildman–Crippen LogP) is 8.76. The van der Waals surface area contributed by atoms with Crippen LogP contribution in [0.25, 0.3) is 0 Å². The Morgan fingerprint density at radius 1 is 0.565 bits per heavy atom. The predicted molar refractivity (Wildman–Crippen MR) is 247 cm³/mol. The van der Waals surface area contributed by atoms with E-state index in [4.69, 9.17) is 9.05 Å². The summed E-state index contributed by atoms with van der Waals surface area (Å²) < 4.78 is 22.9. The van der Waals surface area contributed by atoms with E-state index in [-0.39, 0.29) is 6.42 Å². The lowest BCUT2D eigenvalue weighted by Gasteiger charge is -2.41. The molecule has 1 saturated carbocycles. The molecule has 0 spiro atoms. The van der Waals surface area contributed by atoms with Crippen LogP contribution in [0.15, 0.2) is 24.3 Å². The first-order valence-electron chi connectivity index (χ1n) is 24.9. The smallest absolute Gasteiger partial charge is 0.393 e. The molecule has 1 fully saturated rings. The third kappa shape index (κ3) is 29.3. The Morgan fingerprint density at radius 3 is 1.42 bits per heavy atom. The van der Waals surface area contributed by atoms with E-state index in [2.05, 4.69) is 31.3 Å². The van der Waals surface area contributed by atoms with Crippen molar-refractivity contribution in [1.29, 1.82) is 0 Å². The highest BCUT2D eigenvalue weighted by atomic mass is 31.2. The second-order valence-corrected chi connectivity index (χ2v) is 19.3. The van der Waals surface area contributed by atoms with Crippen molar-refractivity contribution in [2.24, 2.45) is 0 Å². The molecule has 0 heterocycles.